The van der Waals surface area contributed by atoms with Crippen LogP contribution in [0, 0.1) is 5.92 Å². The fourth-order valence-corrected chi connectivity index (χ4v) is 3.72. The summed E-state index contributed by atoms with van der Waals surface area (Å²) in [5.41, 5.74) is 0. The van der Waals surface area contributed by atoms with Crippen LogP contribution in [0.3, 0.4) is 0 Å². The highest BCUT2D eigenvalue weighted by Crippen LogP contribution is 2.25. The maximum atomic E-state index is 11.8. The Hall–Kier alpha value is -1.10. The van der Waals surface area contributed by atoms with Crippen molar-refractivity contribution in [1.29, 1.82) is 0 Å². The summed E-state index contributed by atoms with van der Waals surface area (Å²) in [6.07, 6.45) is 5.71. The van der Waals surface area contributed by atoms with Crippen LogP contribution in [0.25, 0.3) is 0 Å². The second-order valence-electron chi connectivity index (χ2n) is 6.40. The minimum absolute atomic E-state index is 0.171. The first-order valence-corrected chi connectivity index (χ1v) is 8.84. The zero-order valence-electron chi connectivity index (χ0n) is 14.1. The van der Waals surface area contributed by atoms with Gasteiger partial charge < -0.3 is 14.5 Å². The Kier molecular flexibility index (Phi) is 6.68. The van der Waals surface area contributed by atoms with E-state index >= 15 is 0 Å². The minimum atomic E-state index is -0.171. The number of hydrogen-bond donors (Lipinski definition) is 0. The molecule has 2 saturated heterocycles. The van der Waals surface area contributed by atoms with Crippen LogP contribution in [-0.4, -0.2) is 60.5 Å². The van der Waals surface area contributed by atoms with Gasteiger partial charge in [-0.2, -0.15) is 0 Å². The summed E-state index contributed by atoms with van der Waals surface area (Å²) in [7, 11) is 0. The van der Waals surface area contributed by atoms with Crippen LogP contribution in [0.15, 0.2) is 0 Å². The third kappa shape index (κ3) is 4.45. The fraction of sp³-hybridized carbons (Fsp3) is 0.882. The van der Waals surface area contributed by atoms with E-state index in [1.54, 1.807) is 0 Å². The largest absolute Gasteiger partial charge is 0.450 e. The van der Waals surface area contributed by atoms with E-state index < -0.39 is 0 Å². The monoisotopic (exact) mass is 310 g/mol. The molecule has 0 spiro atoms. The van der Waals surface area contributed by atoms with Crippen molar-refractivity contribution in [2.45, 2.75) is 58.4 Å². The standard InChI is InChI=1S/C17H30N2O3/c1-3-16(20)14-7-11-18(12-8-14)15-6-5-10-19(13-9-15)17(21)22-4-2/h14-15H,3-13H2,1-2H3. The van der Waals surface area contributed by atoms with Gasteiger partial charge in [-0.25, -0.2) is 4.79 Å². The van der Waals surface area contributed by atoms with Crippen LogP contribution in [0.2, 0.25) is 0 Å². The first kappa shape index (κ1) is 17.3. The summed E-state index contributed by atoms with van der Waals surface area (Å²) in [6.45, 7) is 7.90. The maximum Gasteiger partial charge on any atom is 0.409 e. The smallest absolute Gasteiger partial charge is 0.409 e. The van der Waals surface area contributed by atoms with Crippen molar-refractivity contribution < 1.29 is 14.3 Å². The van der Waals surface area contributed by atoms with Crippen molar-refractivity contribution in [3.63, 3.8) is 0 Å². The highest BCUT2D eigenvalue weighted by atomic mass is 16.6. The van der Waals surface area contributed by atoms with Gasteiger partial charge in [-0.3, -0.25) is 4.79 Å². The third-order valence-electron chi connectivity index (χ3n) is 5.07. The van der Waals surface area contributed by atoms with Gasteiger partial charge in [0.1, 0.15) is 5.78 Å². The van der Waals surface area contributed by atoms with Crippen LogP contribution in [0.1, 0.15) is 52.4 Å². The van der Waals surface area contributed by atoms with Crippen molar-refractivity contribution in [2.75, 3.05) is 32.8 Å². The molecule has 2 aliphatic heterocycles. The molecule has 0 N–H and O–H groups in total. The van der Waals surface area contributed by atoms with Crippen molar-refractivity contribution in [1.82, 2.24) is 9.80 Å². The lowest BCUT2D eigenvalue weighted by molar-refractivity contribution is -0.124. The molecule has 2 aliphatic rings. The lowest BCUT2D eigenvalue weighted by atomic mass is 9.90. The molecule has 126 valence electrons. The molecule has 1 amide bonds. The third-order valence-corrected chi connectivity index (χ3v) is 5.07. The number of Topliss-reactive ketones (excluding diaryl/α,β-unsaturated/α-hetero) is 1. The van der Waals surface area contributed by atoms with E-state index in [2.05, 4.69) is 4.90 Å². The normalized spacial score (nSPS) is 24.8. The second-order valence-corrected chi connectivity index (χ2v) is 6.40. The maximum absolute atomic E-state index is 11.8. The van der Waals surface area contributed by atoms with Gasteiger partial charge in [-0.15, -0.1) is 0 Å². The molecule has 2 rings (SSSR count). The molecule has 0 aromatic heterocycles. The Labute approximate surface area is 134 Å². The average molecular weight is 310 g/mol. The number of carbonyl (C=O) groups excluding carboxylic acids is 2. The topological polar surface area (TPSA) is 49.9 Å². The van der Waals surface area contributed by atoms with Gasteiger partial charge in [0.15, 0.2) is 0 Å². The molecule has 22 heavy (non-hydrogen) atoms. The summed E-state index contributed by atoms with van der Waals surface area (Å²) in [5.74, 6) is 0.706. The molecule has 0 bridgehead atoms. The Morgan fingerprint density at radius 1 is 1.00 bits per heavy atom. The van der Waals surface area contributed by atoms with Gasteiger partial charge in [0.05, 0.1) is 6.61 Å². The molecule has 1 atom stereocenters. The van der Waals surface area contributed by atoms with E-state index in [9.17, 15) is 9.59 Å². The van der Waals surface area contributed by atoms with E-state index in [1.165, 1.54) is 0 Å². The van der Waals surface area contributed by atoms with E-state index in [4.69, 9.17) is 4.74 Å². The number of ketones is 1. The Morgan fingerprint density at radius 2 is 1.73 bits per heavy atom. The van der Waals surface area contributed by atoms with Crippen molar-refractivity contribution in [3.05, 3.63) is 0 Å². The molecular formula is C17H30N2O3. The lowest BCUT2D eigenvalue weighted by Gasteiger charge is -2.36. The molecule has 2 fully saturated rings. The number of carbonyl (C=O) groups is 2. The predicted octanol–water partition coefficient (Wildman–Crippen LogP) is 2.69. The van der Waals surface area contributed by atoms with Gasteiger partial charge >= 0.3 is 6.09 Å². The number of amides is 1. The van der Waals surface area contributed by atoms with Gasteiger partial charge in [0, 0.05) is 31.5 Å². The summed E-state index contributed by atoms with van der Waals surface area (Å²) in [4.78, 5) is 28.0. The molecule has 0 saturated carbocycles. The van der Waals surface area contributed by atoms with Crippen molar-refractivity contribution in [3.8, 4) is 0 Å². The highest BCUT2D eigenvalue weighted by Gasteiger charge is 2.30. The number of rotatable bonds is 4. The molecule has 0 aromatic carbocycles. The first-order valence-electron chi connectivity index (χ1n) is 8.84. The Morgan fingerprint density at radius 3 is 2.36 bits per heavy atom. The van der Waals surface area contributed by atoms with E-state index in [0.717, 1.165) is 58.3 Å². The summed E-state index contributed by atoms with van der Waals surface area (Å²) in [6, 6.07) is 0.553. The lowest BCUT2D eigenvalue weighted by Crippen LogP contribution is -2.43. The zero-order valence-corrected chi connectivity index (χ0v) is 14.1. The number of nitrogens with zero attached hydrogens (tertiary/aromatic N) is 2. The number of ether oxygens (including phenoxy) is 1. The number of hydrogen-bond acceptors (Lipinski definition) is 4. The first-order chi connectivity index (χ1) is 10.7. The molecule has 2 heterocycles. The average Bonchev–Trinajstić information content (AvgIpc) is 2.80. The SMILES string of the molecule is CCOC(=O)N1CCCC(N2CCC(C(=O)CC)CC2)CC1. The molecule has 0 aromatic rings. The summed E-state index contributed by atoms with van der Waals surface area (Å²) >= 11 is 0. The molecule has 5 heteroatoms. The van der Waals surface area contributed by atoms with Gasteiger partial charge in [-0.1, -0.05) is 6.92 Å². The molecule has 0 aliphatic carbocycles. The van der Waals surface area contributed by atoms with Crippen LogP contribution >= 0.6 is 0 Å². The summed E-state index contributed by atoms with van der Waals surface area (Å²) in [5, 5.41) is 0. The second kappa shape index (κ2) is 8.51. The van der Waals surface area contributed by atoms with Gasteiger partial charge in [0.25, 0.3) is 0 Å². The van der Waals surface area contributed by atoms with E-state index in [-0.39, 0.29) is 12.0 Å². The van der Waals surface area contributed by atoms with Crippen molar-refractivity contribution >= 4 is 11.9 Å². The molecule has 1 unspecified atom stereocenters. The highest BCUT2D eigenvalue weighted by molar-refractivity contribution is 5.80. The quantitative estimate of drug-likeness (QED) is 0.801. The fourth-order valence-electron chi connectivity index (χ4n) is 3.72. The predicted molar refractivity (Wildman–Crippen MR) is 85.8 cm³/mol. The Balaban J connectivity index is 1.80. The molecule has 0 radical (unpaired) electrons. The van der Waals surface area contributed by atoms with Gasteiger partial charge in [0.2, 0.25) is 0 Å². The van der Waals surface area contributed by atoms with Crippen LogP contribution in [-0.2, 0) is 9.53 Å². The van der Waals surface area contributed by atoms with E-state index in [0.29, 0.717) is 24.9 Å². The number of piperidine rings is 1. The van der Waals surface area contributed by atoms with Crippen molar-refractivity contribution in [2.24, 2.45) is 5.92 Å². The van der Waals surface area contributed by atoms with Gasteiger partial charge in [-0.05, 0) is 52.1 Å². The van der Waals surface area contributed by atoms with E-state index in [1.807, 2.05) is 18.7 Å². The zero-order chi connectivity index (χ0) is 15.9. The minimum Gasteiger partial charge on any atom is -0.450 e. The molecular weight excluding hydrogens is 280 g/mol. The summed E-state index contributed by atoms with van der Waals surface area (Å²) < 4.78 is 5.11. The van der Waals surface area contributed by atoms with Crippen LogP contribution < -0.4 is 0 Å². The molecule has 5 nitrogen and oxygen atoms in total. The Bertz CT molecular complexity index is 378. The number of likely N-dealkylation sites (tertiary alicyclic amines) is 2. The van der Waals surface area contributed by atoms with Crippen LogP contribution in [0.5, 0.6) is 0 Å². The van der Waals surface area contributed by atoms with Crippen LogP contribution in [0.4, 0.5) is 4.79 Å².